The monoisotopic (exact) mass is 274 g/mol. The molecule has 106 valence electrons. The lowest BCUT2D eigenvalue weighted by Crippen LogP contribution is -2.20. The van der Waals surface area contributed by atoms with Crippen LogP contribution in [-0.2, 0) is 13.5 Å². The zero-order valence-corrected chi connectivity index (χ0v) is 11.6. The van der Waals surface area contributed by atoms with E-state index in [1.165, 1.54) is 0 Å². The molecule has 4 N–H and O–H groups in total. The van der Waals surface area contributed by atoms with Gasteiger partial charge in [0.15, 0.2) is 5.82 Å². The minimum Gasteiger partial charge on any atom is -0.399 e. The fourth-order valence-electron chi connectivity index (χ4n) is 1.85. The Kier molecular flexibility index (Phi) is 4.19. The second-order valence-corrected chi connectivity index (χ2v) is 4.40. The lowest BCUT2D eigenvalue weighted by atomic mass is 10.1. The summed E-state index contributed by atoms with van der Waals surface area (Å²) in [5.74, 6) is 0.605. The van der Waals surface area contributed by atoms with Gasteiger partial charge in [-0.1, -0.05) is 0 Å². The van der Waals surface area contributed by atoms with Crippen LogP contribution in [0.2, 0.25) is 0 Å². The van der Waals surface area contributed by atoms with Crippen LogP contribution in [0, 0.1) is 0 Å². The van der Waals surface area contributed by atoms with Crippen molar-refractivity contribution >= 4 is 17.3 Å². The summed E-state index contributed by atoms with van der Waals surface area (Å²) in [6.07, 6.45) is 2.33. The topological polar surface area (TPSA) is 97.9 Å². The number of nitrogens with two attached hydrogens (primary N) is 1. The van der Waals surface area contributed by atoms with Crippen molar-refractivity contribution in [1.82, 2.24) is 20.1 Å². The van der Waals surface area contributed by atoms with Crippen molar-refractivity contribution in [3.8, 4) is 0 Å². The van der Waals surface area contributed by atoms with Gasteiger partial charge in [-0.05, 0) is 18.2 Å². The highest BCUT2D eigenvalue weighted by Gasteiger charge is 2.10. The molecule has 1 aromatic carbocycles. The van der Waals surface area contributed by atoms with Gasteiger partial charge in [-0.3, -0.25) is 9.48 Å². The second-order valence-electron chi connectivity index (χ2n) is 4.40. The zero-order valence-electron chi connectivity index (χ0n) is 11.6. The van der Waals surface area contributed by atoms with Gasteiger partial charge >= 0.3 is 0 Å². The Morgan fingerprint density at radius 2 is 2.25 bits per heavy atom. The molecule has 0 aliphatic carbocycles. The molecule has 0 atom stereocenters. The molecular formula is C13H18N6O. The molecule has 1 heterocycles. The molecule has 0 fully saturated rings. The van der Waals surface area contributed by atoms with E-state index in [9.17, 15) is 4.79 Å². The first-order valence-electron chi connectivity index (χ1n) is 6.30. The predicted molar refractivity (Wildman–Crippen MR) is 77.4 cm³/mol. The summed E-state index contributed by atoms with van der Waals surface area (Å²) in [7, 11) is 3.42. The molecule has 0 saturated carbocycles. The number of nitrogens with one attached hydrogen (secondary N) is 2. The van der Waals surface area contributed by atoms with E-state index >= 15 is 0 Å². The van der Waals surface area contributed by atoms with Gasteiger partial charge in [0, 0.05) is 38.4 Å². The van der Waals surface area contributed by atoms with Crippen molar-refractivity contribution in [3.63, 3.8) is 0 Å². The van der Waals surface area contributed by atoms with E-state index in [4.69, 9.17) is 5.73 Å². The van der Waals surface area contributed by atoms with Crippen LogP contribution in [-0.4, -0.2) is 34.3 Å². The molecule has 1 aromatic heterocycles. The van der Waals surface area contributed by atoms with E-state index in [-0.39, 0.29) is 5.91 Å². The Hall–Kier alpha value is -2.57. The highest BCUT2D eigenvalue weighted by atomic mass is 16.1. The van der Waals surface area contributed by atoms with Crippen molar-refractivity contribution in [3.05, 3.63) is 35.9 Å². The summed E-state index contributed by atoms with van der Waals surface area (Å²) in [6, 6.07) is 5.15. The summed E-state index contributed by atoms with van der Waals surface area (Å²) in [5, 5.41) is 10.00. The van der Waals surface area contributed by atoms with Crippen LogP contribution in [0.25, 0.3) is 0 Å². The number of rotatable bonds is 5. The van der Waals surface area contributed by atoms with E-state index < -0.39 is 0 Å². The minimum absolute atomic E-state index is 0.150. The SMILES string of the molecule is CNC(=O)c1ccc(N)cc1NCCc1ncn(C)n1. The third-order valence-electron chi connectivity index (χ3n) is 2.83. The first-order valence-corrected chi connectivity index (χ1v) is 6.30. The van der Waals surface area contributed by atoms with Crippen molar-refractivity contribution in [1.29, 1.82) is 0 Å². The van der Waals surface area contributed by atoms with E-state index in [1.54, 1.807) is 36.3 Å². The average molecular weight is 274 g/mol. The molecular weight excluding hydrogens is 256 g/mol. The Bertz CT molecular complexity index is 607. The molecule has 0 aliphatic heterocycles. The predicted octanol–water partition coefficient (Wildman–Crippen LogP) is 0.411. The van der Waals surface area contributed by atoms with Crippen LogP contribution in [0.15, 0.2) is 24.5 Å². The smallest absolute Gasteiger partial charge is 0.253 e. The molecule has 1 amide bonds. The standard InChI is InChI=1S/C13H18N6O/c1-15-13(20)10-4-3-9(14)7-11(10)16-6-5-12-17-8-19(2)18-12/h3-4,7-8,16H,5-6,14H2,1-2H3,(H,15,20). The summed E-state index contributed by atoms with van der Waals surface area (Å²) in [4.78, 5) is 15.9. The summed E-state index contributed by atoms with van der Waals surface area (Å²) in [5.41, 5.74) is 7.64. The van der Waals surface area contributed by atoms with Crippen molar-refractivity contribution in [2.45, 2.75) is 6.42 Å². The Labute approximate surface area is 117 Å². The number of carbonyl (C=O) groups is 1. The van der Waals surface area contributed by atoms with Gasteiger partial charge in [0.2, 0.25) is 0 Å². The van der Waals surface area contributed by atoms with Gasteiger partial charge in [0.05, 0.1) is 5.56 Å². The number of aryl methyl sites for hydroxylation is 1. The summed E-state index contributed by atoms with van der Waals surface area (Å²) >= 11 is 0. The molecule has 0 bridgehead atoms. The molecule has 0 saturated heterocycles. The molecule has 0 unspecified atom stereocenters. The highest BCUT2D eigenvalue weighted by molar-refractivity contribution is 6.00. The van der Waals surface area contributed by atoms with Crippen LogP contribution in [0.3, 0.4) is 0 Å². The summed E-state index contributed by atoms with van der Waals surface area (Å²) < 4.78 is 1.66. The minimum atomic E-state index is -0.150. The molecule has 2 rings (SSSR count). The number of nitrogen functional groups attached to an aromatic ring is 1. The van der Waals surface area contributed by atoms with Gasteiger partial charge in [-0.25, -0.2) is 4.98 Å². The average Bonchev–Trinajstić information content (AvgIpc) is 2.84. The zero-order chi connectivity index (χ0) is 14.5. The fraction of sp³-hybridized carbons (Fsp3) is 0.308. The van der Waals surface area contributed by atoms with E-state index in [0.29, 0.717) is 29.9 Å². The van der Waals surface area contributed by atoms with Crippen LogP contribution < -0.4 is 16.4 Å². The third-order valence-corrected chi connectivity index (χ3v) is 2.83. The van der Waals surface area contributed by atoms with E-state index in [0.717, 1.165) is 5.82 Å². The third kappa shape index (κ3) is 3.25. The maximum atomic E-state index is 11.8. The maximum absolute atomic E-state index is 11.8. The lowest BCUT2D eigenvalue weighted by molar-refractivity contribution is 0.0964. The highest BCUT2D eigenvalue weighted by Crippen LogP contribution is 2.19. The van der Waals surface area contributed by atoms with Crippen molar-refractivity contribution < 1.29 is 4.79 Å². The Balaban J connectivity index is 2.04. The number of aromatic nitrogens is 3. The Morgan fingerprint density at radius 3 is 2.90 bits per heavy atom. The number of nitrogens with zero attached hydrogens (tertiary/aromatic N) is 3. The molecule has 7 heteroatoms. The molecule has 0 radical (unpaired) electrons. The quantitative estimate of drug-likeness (QED) is 0.686. The number of anilines is 2. The largest absolute Gasteiger partial charge is 0.399 e. The van der Waals surface area contributed by atoms with Crippen LogP contribution in [0.4, 0.5) is 11.4 Å². The Morgan fingerprint density at radius 1 is 1.45 bits per heavy atom. The van der Waals surface area contributed by atoms with E-state index in [2.05, 4.69) is 20.7 Å². The van der Waals surface area contributed by atoms with Crippen LogP contribution >= 0.6 is 0 Å². The molecule has 0 aliphatic rings. The van der Waals surface area contributed by atoms with Crippen molar-refractivity contribution in [2.24, 2.45) is 7.05 Å². The maximum Gasteiger partial charge on any atom is 0.253 e. The molecule has 20 heavy (non-hydrogen) atoms. The molecule has 2 aromatic rings. The van der Waals surface area contributed by atoms with Gasteiger partial charge in [0.25, 0.3) is 5.91 Å². The molecule has 0 spiro atoms. The van der Waals surface area contributed by atoms with Crippen molar-refractivity contribution in [2.75, 3.05) is 24.6 Å². The first kappa shape index (κ1) is 13.9. The number of carbonyl (C=O) groups excluding carboxylic acids is 1. The molecule has 7 nitrogen and oxygen atoms in total. The number of benzene rings is 1. The fourth-order valence-corrected chi connectivity index (χ4v) is 1.85. The van der Waals surface area contributed by atoms with Crippen LogP contribution in [0.1, 0.15) is 16.2 Å². The van der Waals surface area contributed by atoms with Crippen LogP contribution in [0.5, 0.6) is 0 Å². The van der Waals surface area contributed by atoms with Gasteiger partial charge in [-0.15, -0.1) is 0 Å². The van der Waals surface area contributed by atoms with Gasteiger partial charge in [-0.2, -0.15) is 5.10 Å². The van der Waals surface area contributed by atoms with Gasteiger partial charge < -0.3 is 16.4 Å². The number of hydrogen-bond donors (Lipinski definition) is 3. The second kappa shape index (κ2) is 6.05. The lowest BCUT2D eigenvalue weighted by Gasteiger charge is -2.11. The van der Waals surface area contributed by atoms with E-state index in [1.807, 2.05) is 7.05 Å². The summed E-state index contributed by atoms with van der Waals surface area (Å²) in [6.45, 7) is 0.622. The normalized spacial score (nSPS) is 10.3. The number of amides is 1. The first-order chi connectivity index (χ1) is 9.60. The number of hydrogen-bond acceptors (Lipinski definition) is 5. The van der Waals surface area contributed by atoms with Gasteiger partial charge in [0.1, 0.15) is 6.33 Å².